The van der Waals surface area contributed by atoms with Crippen molar-refractivity contribution in [2.75, 3.05) is 20.2 Å². The maximum absolute atomic E-state index is 13.2. The fourth-order valence-electron chi connectivity index (χ4n) is 4.30. The van der Waals surface area contributed by atoms with E-state index in [0.29, 0.717) is 17.4 Å². The van der Waals surface area contributed by atoms with Gasteiger partial charge >= 0.3 is 0 Å². The van der Waals surface area contributed by atoms with E-state index in [0.717, 1.165) is 36.8 Å². The van der Waals surface area contributed by atoms with Crippen LogP contribution in [-0.4, -0.2) is 52.1 Å². The molecule has 0 radical (unpaired) electrons. The third-order valence-electron chi connectivity index (χ3n) is 5.34. The topological polar surface area (TPSA) is 61.5 Å². The Morgan fingerprint density at radius 3 is 3.22 bits per heavy atom. The summed E-state index contributed by atoms with van der Waals surface area (Å²) in [6.45, 7) is 2.05. The number of H-pyrrole nitrogens is 1. The number of nitrogens with one attached hydrogen (secondary N) is 1. The molecule has 2 aromatic rings. The molecule has 1 fully saturated rings. The highest BCUT2D eigenvalue weighted by Gasteiger charge is 2.46. The third kappa shape index (κ3) is 1.69. The molecule has 6 nitrogen and oxygen atoms in total. The molecule has 1 aromatic heterocycles. The van der Waals surface area contributed by atoms with E-state index < -0.39 is 0 Å². The highest BCUT2D eigenvalue weighted by Crippen LogP contribution is 2.43. The molecule has 118 valence electrons. The largest absolute Gasteiger partial charge is 0.496 e. The zero-order valence-corrected chi connectivity index (χ0v) is 13.0. The number of aromatic amines is 1. The van der Waals surface area contributed by atoms with Crippen molar-refractivity contribution in [3.05, 3.63) is 35.8 Å². The fourth-order valence-corrected chi connectivity index (χ4v) is 4.30. The average Bonchev–Trinajstić information content (AvgIpc) is 3.04. The van der Waals surface area contributed by atoms with Crippen molar-refractivity contribution in [3.63, 3.8) is 0 Å². The summed E-state index contributed by atoms with van der Waals surface area (Å²) in [4.78, 5) is 17.5. The molecular formula is C17H18N4O2. The number of benzene rings is 1. The summed E-state index contributed by atoms with van der Waals surface area (Å²) in [5.74, 6) is 1.19. The summed E-state index contributed by atoms with van der Waals surface area (Å²) in [5, 5.41) is 8.03. The lowest BCUT2D eigenvalue weighted by Crippen LogP contribution is -2.46. The molecule has 0 aliphatic carbocycles. The smallest absolute Gasteiger partial charge is 0.279 e. The lowest BCUT2D eigenvalue weighted by atomic mass is 9.99. The second-order valence-electron chi connectivity index (χ2n) is 6.55. The van der Waals surface area contributed by atoms with Gasteiger partial charge < -0.3 is 14.5 Å². The molecule has 1 aromatic carbocycles. The van der Waals surface area contributed by atoms with E-state index in [2.05, 4.69) is 21.3 Å². The van der Waals surface area contributed by atoms with Crippen LogP contribution in [0.3, 0.4) is 0 Å². The van der Waals surface area contributed by atoms with Crippen LogP contribution in [0.1, 0.15) is 23.3 Å². The summed E-state index contributed by atoms with van der Waals surface area (Å²) in [5.41, 5.74) is 2.46. The minimum atomic E-state index is -0.0129. The first-order valence-electron chi connectivity index (χ1n) is 8.06. The Kier molecular flexibility index (Phi) is 2.54. The Hall–Kier alpha value is -2.50. The zero-order chi connectivity index (χ0) is 15.6. The van der Waals surface area contributed by atoms with Gasteiger partial charge in [0.25, 0.3) is 5.91 Å². The quantitative estimate of drug-likeness (QED) is 0.921. The van der Waals surface area contributed by atoms with Crippen molar-refractivity contribution in [2.24, 2.45) is 5.92 Å². The number of ether oxygens (including phenoxy) is 1. The summed E-state index contributed by atoms with van der Waals surface area (Å²) >= 11 is 0. The first-order chi connectivity index (χ1) is 11.3. The fraction of sp³-hybridized carbons (Fsp3) is 0.412. The average molecular weight is 310 g/mol. The van der Waals surface area contributed by atoms with Crippen LogP contribution in [0.2, 0.25) is 0 Å². The Balaban J connectivity index is 1.61. The molecule has 1 N–H and O–H groups in total. The van der Waals surface area contributed by atoms with Gasteiger partial charge in [0, 0.05) is 30.9 Å². The normalized spacial score (nSPS) is 25.2. The van der Waals surface area contributed by atoms with Gasteiger partial charge in [-0.3, -0.25) is 9.89 Å². The first-order valence-corrected chi connectivity index (χ1v) is 8.06. The van der Waals surface area contributed by atoms with Gasteiger partial charge in [0.2, 0.25) is 0 Å². The molecule has 2 atom stereocenters. The molecule has 3 aliphatic heterocycles. The number of hydrogen-bond donors (Lipinski definition) is 1. The van der Waals surface area contributed by atoms with Crippen molar-refractivity contribution < 1.29 is 9.53 Å². The van der Waals surface area contributed by atoms with E-state index in [9.17, 15) is 4.79 Å². The minimum Gasteiger partial charge on any atom is -0.496 e. The molecular weight excluding hydrogens is 292 g/mol. The van der Waals surface area contributed by atoms with Crippen LogP contribution < -0.4 is 4.74 Å². The molecule has 0 spiro atoms. The predicted octanol–water partition coefficient (Wildman–Crippen LogP) is 1.96. The summed E-state index contributed by atoms with van der Waals surface area (Å²) < 4.78 is 5.43. The van der Waals surface area contributed by atoms with Gasteiger partial charge in [-0.15, -0.1) is 0 Å². The standard InChI is InChI=1S/C17H18N4O2/c1-23-14-4-2-3-12-15(14)16(19-18-12)17(22)21-11-7-10-5-6-20(8-11)9-13(10)21/h2-4,9-11H,5-8H2,1H3,(H,18,19). The van der Waals surface area contributed by atoms with Gasteiger partial charge in [-0.1, -0.05) is 6.07 Å². The zero-order valence-electron chi connectivity index (χ0n) is 13.0. The second-order valence-corrected chi connectivity index (χ2v) is 6.55. The van der Waals surface area contributed by atoms with Crippen molar-refractivity contribution in [3.8, 4) is 5.75 Å². The number of hydrogen-bond acceptors (Lipinski definition) is 4. The van der Waals surface area contributed by atoms with E-state index in [-0.39, 0.29) is 11.9 Å². The first kappa shape index (κ1) is 13.0. The molecule has 1 saturated heterocycles. The van der Waals surface area contributed by atoms with Gasteiger partial charge in [0.1, 0.15) is 5.75 Å². The van der Waals surface area contributed by atoms with E-state index in [1.807, 2.05) is 23.1 Å². The van der Waals surface area contributed by atoms with E-state index >= 15 is 0 Å². The number of methoxy groups -OCH3 is 1. The maximum atomic E-state index is 13.2. The number of carbonyl (C=O) groups excluding carboxylic acids is 1. The number of fused-ring (bicyclic) bond motifs is 3. The number of allylic oxidation sites excluding steroid dienone is 1. The van der Waals surface area contributed by atoms with E-state index in [1.54, 1.807) is 7.11 Å². The van der Waals surface area contributed by atoms with E-state index in [4.69, 9.17) is 4.74 Å². The number of rotatable bonds is 2. The van der Waals surface area contributed by atoms with Gasteiger partial charge in [-0.2, -0.15) is 5.10 Å². The van der Waals surface area contributed by atoms with Gasteiger partial charge in [0.05, 0.1) is 24.1 Å². The van der Waals surface area contributed by atoms with Gasteiger partial charge in [0.15, 0.2) is 5.69 Å². The van der Waals surface area contributed by atoms with Crippen LogP contribution in [0.25, 0.3) is 10.9 Å². The third-order valence-corrected chi connectivity index (χ3v) is 5.34. The Morgan fingerprint density at radius 1 is 1.43 bits per heavy atom. The second kappa shape index (κ2) is 4.50. The lowest BCUT2D eigenvalue weighted by Gasteiger charge is -2.38. The van der Waals surface area contributed by atoms with E-state index in [1.165, 1.54) is 5.70 Å². The lowest BCUT2D eigenvalue weighted by molar-refractivity contribution is 0.0716. The molecule has 3 bridgehead atoms. The molecule has 3 aliphatic rings. The minimum absolute atomic E-state index is 0.0129. The molecule has 5 rings (SSSR count). The highest BCUT2D eigenvalue weighted by molar-refractivity contribution is 6.07. The molecule has 2 unspecified atom stereocenters. The molecule has 4 heterocycles. The van der Waals surface area contributed by atoms with Crippen molar-refractivity contribution in [1.82, 2.24) is 20.0 Å². The summed E-state index contributed by atoms with van der Waals surface area (Å²) in [6, 6.07) is 5.95. The predicted molar refractivity (Wildman–Crippen MR) is 85.0 cm³/mol. The van der Waals surface area contributed by atoms with Crippen LogP contribution in [0.15, 0.2) is 30.1 Å². The summed E-state index contributed by atoms with van der Waals surface area (Å²) in [7, 11) is 1.62. The van der Waals surface area contributed by atoms with Gasteiger partial charge in [-0.05, 0) is 25.0 Å². The molecule has 23 heavy (non-hydrogen) atoms. The van der Waals surface area contributed by atoms with Gasteiger partial charge in [-0.25, -0.2) is 0 Å². The molecule has 6 heteroatoms. The Labute approximate surface area is 133 Å². The van der Waals surface area contributed by atoms with Crippen molar-refractivity contribution in [1.29, 1.82) is 0 Å². The number of carbonyl (C=O) groups is 1. The van der Waals surface area contributed by atoms with Crippen molar-refractivity contribution in [2.45, 2.75) is 18.9 Å². The molecule has 0 saturated carbocycles. The number of aromatic nitrogens is 2. The Morgan fingerprint density at radius 2 is 2.35 bits per heavy atom. The van der Waals surface area contributed by atoms with Crippen molar-refractivity contribution >= 4 is 16.8 Å². The van der Waals surface area contributed by atoms with Crippen LogP contribution in [0.5, 0.6) is 5.75 Å². The number of nitrogens with zero attached hydrogens (tertiary/aromatic N) is 3. The van der Waals surface area contributed by atoms with Crippen LogP contribution in [0, 0.1) is 5.92 Å². The summed E-state index contributed by atoms with van der Waals surface area (Å²) in [6.07, 6.45) is 4.39. The number of amides is 1. The van der Waals surface area contributed by atoms with Crippen LogP contribution in [-0.2, 0) is 0 Å². The van der Waals surface area contributed by atoms with Crippen LogP contribution in [0.4, 0.5) is 0 Å². The maximum Gasteiger partial charge on any atom is 0.279 e. The molecule has 1 amide bonds. The highest BCUT2D eigenvalue weighted by atomic mass is 16.5. The monoisotopic (exact) mass is 310 g/mol. The Bertz CT molecular complexity index is 838. The van der Waals surface area contributed by atoms with Crippen LogP contribution >= 0.6 is 0 Å². The SMILES string of the molecule is COc1cccc2[nH]nc(C(=O)N3C4=CN5CCC4CC3C5)c12.